The maximum absolute atomic E-state index is 12.8. The van der Waals surface area contributed by atoms with Gasteiger partial charge in [-0.05, 0) is 54.0 Å². The number of piperazine rings is 1. The van der Waals surface area contributed by atoms with E-state index in [2.05, 4.69) is 11.0 Å². The van der Waals surface area contributed by atoms with E-state index in [1.54, 1.807) is 13.2 Å². The molecule has 1 fully saturated rings. The first-order chi connectivity index (χ1) is 17.0. The fourth-order valence-corrected chi connectivity index (χ4v) is 4.35. The van der Waals surface area contributed by atoms with E-state index in [9.17, 15) is 4.79 Å². The van der Waals surface area contributed by atoms with Crippen molar-refractivity contribution in [3.8, 4) is 11.5 Å². The van der Waals surface area contributed by atoms with E-state index in [0.29, 0.717) is 19.7 Å². The zero-order chi connectivity index (χ0) is 24.6. The van der Waals surface area contributed by atoms with Gasteiger partial charge in [-0.1, -0.05) is 54.1 Å². The van der Waals surface area contributed by atoms with Crippen LogP contribution in [0.25, 0.3) is 6.08 Å². The SMILES string of the molecule is COc1ccc(/C=C/C(=O)N2CCN(Cc3ccccc3Cl)CC2)cc1COc1ccccc1C. The average molecular weight is 491 g/mol. The van der Waals surface area contributed by atoms with Gasteiger partial charge < -0.3 is 14.4 Å². The first-order valence-corrected chi connectivity index (χ1v) is 12.2. The van der Waals surface area contributed by atoms with E-state index in [4.69, 9.17) is 21.1 Å². The molecule has 0 radical (unpaired) electrons. The van der Waals surface area contributed by atoms with Crippen LogP contribution in [0.2, 0.25) is 5.02 Å². The number of halogens is 1. The van der Waals surface area contributed by atoms with Gasteiger partial charge in [0.05, 0.1) is 7.11 Å². The smallest absolute Gasteiger partial charge is 0.246 e. The summed E-state index contributed by atoms with van der Waals surface area (Å²) in [5.41, 5.74) is 4.06. The third-order valence-electron chi connectivity index (χ3n) is 6.24. The van der Waals surface area contributed by atoms with Gasteiger partial charge in [-0.2, -0.15) is 0 Å². The molecule has 0 saturated carbocycles. The van der Waals surface area contributed by atoms with Gasteiger partial charge in [0, 0.05) is 49.4 Å². The third kappa shape index (κ3) is 6.65. The number of methoxy groups -OCH3 is 1. The second kappa shape index (κ2) is 11.9. The lowest BCUT2D eigenvalue weighted by Crippen LogP contribution is -2.47. The number of hydrogen-bond donors (Lipinski definition) is 0. The van der Waals surface area contributed by atoms with Crippen LogP contribution in [-0.4, -0.2) is 49.0 Å². The Bertz CT molecular complexity index is 1190. The molecule has 1 heterocycles. The second-order valence-electron chi connectivity index (χ2n) is 8.65. The lowest BCUT2D eigenvalue weighted by Gasteiger charge is -2.34. The molecule has 182 valence electrons. The van der Waals surface area contributed by atoms with Gasteiger partial charge in [-0.15, -0.1) is 0 Å². The lowest BCUT2D eigenvalue weighted by molar-refractivity contribution is -0.127. The molecule has 0 aliphatic carbocycles. The normalized spacial score (nSPS) is 14.3. The summed E-state index contributed by atoms with van der Waals surface area (Å²) in [4.78, 5) is 17.0. The van der Waals surface area contributed by atoms with E-state index in [1.165, 1.54) is 0 Å². The van der Waals surface area contributed by atoms with Crippen LogP contribution in [0.1, 0.15) is 22.3 Å². The zero-order valence-corrected chi connectivity index (χ0v) is 21.0. The molecule has 1 aliphatic heterocycles. The number of aryl methyl sites for hydroxylation is 1. The lowest BCUT2D eigenvalue weighted by atomic mass is 10.1. The van der Waals surface area contributed by atoms with Crippen LogP contribution in [0.4, 0.5) is 0 Å². The highest BCUT2D eigenvalue weighted by Crippen LogP contribution is 2.24. The summed E-state index contributed by atoms with van der Waals surface area (Å²) in [6.45, 7) is 6.26. The fraction of sp³-hybridized carbons (Fsp3) is 0.276. The molecule has 0 bridgehead atoms. The largest absolute Gasteiger partial charge is 0.496 e. The van der Waals surface area contributed by atoms with Crippen molar-refractivity contribution in [3.05, 3.63) is 100 Å². The number of amides is 1. The van der Waals surface area contributed by atoms with Gasteiger partial charge in [0.25, 0.3) is 0 Å². The van der Waals surface area contributed by atoms with Crippen molar-refractivity contribution in [1.82, 2.24) is 9.80 Å². The van der Waals surface area contributed by atoms with Gasteiger partial charge in [-0.3, -0.25) is 9.69 Å². The summed E-state index contributed by atoms with van der Waals surface area (Å²) in [5, 5.41) is 0.789. The van der Waals surface area contributed by atoms with Crippen LogP contribution >= 0.6 is 11.6 Å². The first kappa shape index (κ1) is 24.8. The van der Waals surface area contributed by atoms with E-state index in [-0.39, 0.29) is 5.91 Å². The fourth-order valence-electron chi connectivity index (χ4n) is 4.16. The monoisotopic (exact) mass is 490 g/mol. The van der Waals surface area contributed by atoms with Crippen molar-refractivity contribution in [1.29, 1.82) is 0 Å². The summed E-state index contributed by atoms with van der Waals surface area (Å²) in [5.74, 6) is 1.63. The number of carbonyl (C=O) groups is 1. The molecule has 1 amide bonds. The molecule has 5 nitrogen and oxygen atoms in total. The molecule has 0 N–H and O–H groups in total. The quantitative estimate of drug-likeness (QED) is 0.386. The predicted molar refractivity (Wildman–Crippen MR) is 141 cm³/mol. The standard InChI is InChI=1S/C29H31ClN2O3/c1-22-7-3-6-10-27(22)35-21-25-19-23(11-13-28(25)34-2)12-14-29(33)32-17-15-31(16-18-32)20-24-8-4-5-9-26(24)30/h3-14,19H,15-18,20-21H2,1-2H3/b14-12+. The Morgan fingerprint density at radius 1 is 0.943 bits per heavy atom. The number of ether oxygens (including phenoxy) is 2. The van der Waals surface area contributed by atoms with E-state index < -0.39 is 0 Å². The molecule has 0 spiro atoms. The summed E-state index contributed by atoms with van der Waals surface area (Å²) in [6, 6.07) is 21.7. The number of benzene rings is 3. The van der Waals surface area contributed by atoms with Crippen LogP contribution in [0.15, 0.2) is 72.8 Å². The van der Waals surface area contributed by atoms with Crippen molar-refractivity contribution in [3.63, 3.8) is 0 Å². The molecular weight excluding hydrogens is 460 g/mol. The Labute approximate surface area is 212 Å². The Morgan fingerprint density at radius 3 is 2.43 bits per heavy atom. The van der Waals surface area contributed by atoms with Crippen molar-refractivity contribution in [2.75, 3.05) is 33.3 Å². The highest BCUT2D eigenvalue weighted by molar-refractivity contribution is 6.31. The maximum atomic E-state index is 12.8. The molecular formula is C29H31ClN2O3. The minimum Gasteiger partial charge on any atom is -0.496 e. The van der Waals surface area contributed by atoms with Gasteiger partial charge in [-0.25, -0.2) is 0 Å². The van der Waals surface area contributed by atoms with Gasteiger partial charge in [0.15, 0.2) is 0 Å². The van der Waals surface area contributed by atoms with E-state index >= 15 is 0 Å². The Kier molecular flexibility index (Phi) is 8.45. The number of hydrogen-bond acceptors (Lipinski definition) is 4. The van der Waals surface area contributed by atoms with Gasteiger partial charge >= 0.3 is 0 Å². The van der Waals surface area contributed by atoms with Crippen molar-refractivity contribution < 1.29 is 14.3 Å². The van der Waals surface area contributed by atoms with Gasteiger partial charge in [0.2, 0.25) is 5.91 Å². The highest BCUT2D eigenvalue weighted by atomic mass is 35.5. The molecule has 0 aromatic heterocycles. The van der Waals surface area contributed by atoms with Crippen LogP contribution in [0, 0.1) is 6.92 Å². The number of carbonyl (C=O) groups excluding carboxylic acids is 1. The maximum Gasteiger partial charge on any atom is 0.246 e. The topological polar surface area (TPSA) is 42.0 Å². The summed E-state index contributed by atoms with van der Waals surface area (Å²) < 4.78 is 11.5. The van der Waals surface area contributed by atoms with E-state index in [1.807, 2.05) is 78.6 Å². The number of nitrogens with zero attached hydrogens (tertiary/aromatic N) is 2. The van der Waals surface area contributed by atoms with Crippen LogP contribution < -0.4 is 9.47 Å². The van der Waals surface area contributed by atoms with Crippen LogP contribution in [0.5, 0.6) is 11.5 Å². The molecule has 35 heavy (non-hydrogen) atoms. The van der Waals surface area contributed by atoms with Crippen LogP contribution in [-0.2, 0) is 17.9 Å². The molecule has 0 atom stereocenters. The third-order valence-corrected chi connectivity index (χ3v) is 6.60. The van der Waals surface area contributed by atoms with Crippen molar-refractivity contribution in [2.45, 2.75) is 20.1 Å². The first-order valence-electron chi connectivity index (χ1n) is 11.8. The molecule has 1 saturated heterocycles. The van der Waals surface area contributed by atoms with Crippen LogP contribution in [0.3, 0.4) is 0 Å². The molecule has 6 heteroatoms. The number of para-hydroxylation sites is 1. The molecule has 3 aromatic carbocycles. The summed E-state index contributed by atoms with van der Waals surface area (Å²) >= 11 is 6.29. The number of rotatable bonds is 8. The Morgan fingerprint density at radius 2 is 1.69 bits per heavy atom. The average Bonchev–Trinajstić information content (AvgIpc) is 2.88. The molecule has 1 aliphatic rings. The highest BCUT2D eigenvalue weighted by Gasteiger charge is 2.20. The van der Waals surface area contributed by atoms with Gasteiger partial charge in [0.1, 0.15) is 18.1 Å². The Hall–Kier alpha value is -3.28. The minimum absolute atomic E-state index is 0.0240. The predicted octanol–water partition coefficient (Wildman–Crippen LogP) is 5.59. The zero-order valence-electron chi connectivity index (χ0n) is 20.2. The molecule has 4 rings (SSSR count). The molecule has 3 aromatic rings. The Balaban J connectivity index is 1.33. The van der Waals surface area contributed by atoms with Crippen molar-refractivity contribution in [2.24, 2.45) is 0 Å². The van der Waals surface area contributed by atoms with E-state index in [0.717, 1.165) is 58.4 Å². The second-order valence-corrected chi connectivity index (χ2v) is 9.06. The summed E-state index contributed by atoms with van der Waals surface area (Å²) in [6.07, 6.45) is 3.51. The molecule has 0 unspecified atom stereocenters. The van der Waals surface area contributed by atoms with Crippen molar-refractivity contribution >= 4 is 23.6 Å². The minimum atomic E-state index is 0.0240. The summed E-state index contributed by atoms with van der Waals surface area (Å²) in [7, 11) is 1.65.